The molecule has 29 heavy (non-hydrogen) atoms. The predicted molar refractivity (Wildman–Crippen MR) is 109 cm³/mol. The van der Waals surface area contributed by atoms with Crippen molar-refractivity contribution in [2.45, 2.75) is 0 Å². The molecule has 4 rings (SSSR count). The number of anilines is 3. The monoisotopic (exact) mass is 383 g/mol. The van der Waals surface area contributed by atoms with Crippen molar-refractivity contribution in [2.24, 2.45) is 0 Å². The highest BCUT2D eigenvalue weighted by atomic mass is 19.1. The smallest absolute Gasteiger partial charge is 0.153 e. The summed E-state index contributed by atoms with van der Waals surface area (Å²) in [6.45, 7) is 0. The molecule has 0 fully saturated rings. The minimum atomic E-state index is -0.914. The van der Waals surface area contributed by atoms with Gasteiger partial charge in [-0.1, -0.05) is 36.4 Å². The Hall–Kier alpha value is -4.04. The van der Waals surface area contributed by atoms with E-state index >= 15 is 0 Å². The Kier molecular flexibility index (Phi) is 5.00. The van der Waals surface area contributed by atoms with E-state index in [0.29, 0.717) is 5.69 Å². The van der Waals surface area contributed by atoms with Crippen LogP contribution in [0.5, 0.6) is 0 Å². The lowest BCUT2D eigenvalue weighted by atomic mass is 10.1. The first-order chi connectivity index (χ1) is 14.2. The molecule has 0 saturated carbocycles. The third kappa shape index (κ3) is 3.56. The fourth-order valence-corrected chi connectivity index (χ4v) is 3.16. The van der Waals surface area contributed by atoms with Gasteiger partial charge in [-0.2, -0.15) is 5.26 Å². The molecule has 0 atom stereocenters. The summed E-state index contributed by atoms with van der Waals surface area (Å²) in [7, 11) is 0. The van der Waals surface area contributed by atoms with Gasteiger partial charge in [-0.05, 0) is 48.5 Å². The lowest BCUT2D eigenvalue weighted by molar-refractivity contribution is 0.579. The summed E-state index contributed by atoms with van der Waals surface area (Å²) >= 11 is 0. The third-order valence-electron chi connectivity index (χ3n) is 4.51. The van der Waals surface area contributed by atoms with Gasteiger partial charge in [0.15, 0.2) is 5.82 Å². The van der Waals surface area contributed by atoms with Gasteiger partial charge in [0, 0.05) is 28.8 Å². The van der Waals surface area contributed by atoms with Crippen molar-refractivity contribution in [1.29, 1.82) is 5.26 Å². The van der Waals surface area contributed by atoms with Gasteiger partial charge < -0.3 is 4.90 Å². The molecule has 3 aromatic carbocycles. The van der Waals surface area contributed by atoms with Crippen LogP contribution in [0.15, 0.2) is 91.1 Å². The van der Waals surface area contributed by atoms with E-state index in [9.17, 15) is 8.78 Å². The van der Waals surface area contributed by atoms with Gasteiger partial charge in [0.2, 0.25) is 0 Å². The molecule has 0 amide bonds. The first-order valence-electron chi connectivity index (χ1n) is 8.94. The molecule has 0 aliphatic rings. The van der Waals surface area contributed by atoms with Crippen molar-refractivity contribution in [3.63, 3.8) is 0 Å². The molecule has 0 bridgehead atoms. The number of hydrogen-bond acceptors (Lipinski definition) is 3. The van der Waals surface area contributed by atoms with Gasteiger partial charge in [-0.25, -0.2) is 8.78 Å². The van der Waals surface area contributed by atoms with Crippen LogP contribution in [0.1, 0.15) is 5.56 Å². The van der Waals surface area contributed by atoms with Crippen molar-refractivity contribution >= 4 is 17.1 Å². The number of aromatic nitrogens is 1. The molecule has 0 saturated heterocycles. The first-order valence-corrected chi connectivity index (χ1v) is 8.94. The Morgan fingerprint density at radius 3 is 1.97 bits per heavy atom. The Balaban J connectivity index is 1.87. The maximum absolute atomic E-state index is 14.7. The summed E-state index contributed by atoms with van der Waals surface area (Å²) in [6, 6.07) is 27.0. The van der Waals surface area contributed by atoms with Gasteiger partial charge in [-0.3, -0.25) is 4.98 Å². The summed E-state index contributed by atoms with van der Waals surface area (Å²) in [6.07, 6.45) is 1.57. The molecule has 140 valence electrons. The average Bonchev–Trinajstić information content (AvgIpc) is 2.76. The average molecular weight is 383 g/mol. The second-order valence-corrected chi connectivity index (χ2v) is 6.30. The second kappa shape index (κ2) is 7.91. The van der Waals surface area contributed by atoms with E-state index in [0.717, 1.165) is 23.1 Å². The number of nitrogens with zero attached hydrogens (tertiary/aromatic N) is 3. The van der Waals surface area contributed by atoms with Gasteiger partial charge >= 0.3 is 0 Å². The fraction of sp³-hybridized carbons (Fsp3) is 0. The quantitative estimate of drug-likeness (QED) is 0.411. The van der Waals surface area contributed by atoms with Crippen LogP contribution in [-0.4, -0.2) is 4.98 Å². The normalized spacial score (nSPS) is 10.4. The molecule has 0 radical (unpaired) electrons. The number of benzene rings is 3. The van der Waals surface area contributed by atoms with Crippen LogP contribution in [0.25, 0.3) is 11.3 Å². The van der Waals surface area contributed by atoms with E-state index in [-0.39, 0.29) is 5.56 Å². The van der Waals surface area contributed by atoms with Crippen LogP contribution in [0.3, 0.4) is 0 Å². The highest BCUT2D eigenvalue weighted by molar-refractivity contribution is 5.78. The minimum Gasteiger partial charge on any atom is -0.310 e. The molecule has 0 N–H and O–H groups in total. The lowest BCUT2D eigenvalue weighted by Gasteiger charge is -2.25. The van der Waals surface area contributed by atoms with Crippen molar-refractivity contribution < 1.29 is 8.78 Å². The largest absolute Gasteiger partial charge is 0.310 e. The van der Waals surface area contributed by atoms with E-state index in [1.807, 2.05) is 71.6 Å². The highest BCUT2D eigenvalue weighted by Crippen LogP contribution is 2.36. The summed E-state index contributed by atoms with van der Waals surface area (Å²) < 4.78 is 28.4. The molecule has 1 aromatic heterocycles. The molecule has 0 spiro atoms. The van der Waals surface area contributed by atoms with Gasteiger partial charge in [-0.15, -0.1) is 0 Å². The Morgan fingerprint density at radius 2 is 1.38 bits per heavy atom. The Morgan fingerprint density at radius 1 is 0.759 bits per heavy atom. The van der Waals surface area contributed by atoms with Crippen molar-refractivity contribution in [3.05, 3.63) is 108 Å². The van der Waals surface area contributed by atoms with Crippen LogP contribution in [0.4, 0.5) is 25.8 Å². The maximum Gasteiger partial charge on any atom is 0.153 e. The van der Waals surface area contributed by atoms with Crippen molar-refractivity contribution in [3.8, 4) is 17.3 Å². The van der Waals surface area contributed by atoms with E-state index in [1.165, 1.54) is 6.07 Å². The Bertz CT molecular complexity index is 1150. The molecule has 0 unspecified atom stereocenters. The van der Waals surface area contributed by atoms with E-state index in [1.54, 1.807) is 18.3 Å². The number of rotatable bonds is 4. The molecule has 3 nitrogen and oxygen atoms in total. The van der Waals surface area contributed by atoms with Crippen LogP contribution in [-0.2, 0) is 0 Å². The van der Waals surface area contributed by atoms with Gasteiger partial charge in [0.05, 0.1) is 5.69 Å². The minimum absolute atomic E-state index is 0.0749. The fourth-order valence-electron chi connectivity index (χ4n) is 3.16. The van der Waals surface area contributed by atoms with E-state index in [2.05, 4.69) is 4.98 Å². The van der Waals surface area contributed by atoms with Crippen LogP contribution in [0.2, 0.25) is 0 Å². The zero-order chi connectivity index (χ0) is 20.2. The molecule has 0 aliphatic heterocycles. The molecular weight excluding hydrogens is 368 g/mol. The van der Waals surface area contributed by atoms with Crippen LogP contribution >= 0.6 is 0 Å². The second-order valence-electron chi connectivity index (χ2n) is 6.30. The van der Waals surface area contributed by atoms with E-state index in [4.69, 9.17) is 5.26 Å². The SMILES string of the molecule is N#Cc1c(F)ccc(-c2cc(N(c3ccccc3)c3ccccc3)ccn2)c1F. The molecule has 4 aromatic rings. The Labute approximate surface area is 167 Å². The topological polar surface area (TPSA) is 39.9 Å². The third-order valence-corrected chi connectivity index (χ3v) is 4.51. The number of para-hydroxylation sites is 2. The van der Waals surface area contributed by atoms with Gasteiger partial charge in [0.1, 0.15) is 17.4 Å². The van der Waals surface area contributed by atoms with E-state index < -0.39 is 17.2 Å². The maximum atomic E-state index is 14.7. The zero-order valence-corrected chi connectivity index (χ0v) is 15.3. The van der Waals surface area contributed by atoms with Crippen LogP contribution in [0, 0.1) is 23.0 Å². The molecule has 5 heteroatoms. The number of hydrogen-bond donors (Lipinski definition) is 0. The van der Waals surface area contributed by atoms with Gasteiger partial charge in [0.25, 0.3) is 0 Å². The predicted octanol–water partition coefficient (Wildman–Crippen LogP) is 6.37. The molecular formula is C24H15F2N3. The molecule has 1 heterocycles. The van der Waals surface area contributed by atoms with Crippen molar-refractivity contribution in [2.75, 3.05) is 4.90 Å². The molecule has 0 aliphatic carbocycles. The summed E-state index contributed by atoms with van der Waals surface area (Å²) in [5.74, 6) is -1.80. The van der Waals surface area contributed by atoms with Crippen molar-refractivity contribution in [1.82, 2.24) is 4.98 Å². The first kappa shape index (κ1) is 18.3. The summed E-state index contributed by atoms with van der Waals surface area (Å²) in [5.41, 5.74) is 2.38. The lowest BCUT2D eigenvalue weighted by Crippen LogP contribution is -2.10. The summed E-state index contributed by atoms with van der Waals surface area (Å²) in [5, 5.41) is 9.05. The standard InChI is InChI=1S/C24H15F2N3/c25-22-12-11-20(24(26)21(22)16-27)23-15-19(13-14-28-23)29(17-7-3-1-4-8-17)18-9-5-2-6-10-18/h1-15H. The van der Waals surface area contributed by atoms with Crippen LogP contribution < -0.4 is 4.90 Å². The summed E-state index contributed by atoms with van der Waals surface area (Å²) in [4.78, 5) is 6.26. The number of halogens is 2. The number of nitriles is 1. The highest BCUT2D eigenvalue weighted by Gasteiger charge is 2.18. The zero-order valence-electron chi connectivity index (χ0n) is 15.3. The number of pyridine rings is 1.